The van der Waals surface area contributed by atoms with Crippen LogP contribution < -0.4 is 0 Å². The van der Waals surface area contributed by atoms with Crippen molar-refractivity contribution in [3.8, 4) is 45.5 Å². The highest BCUT2D eigenvalue weighted by Gasteiger charge is 2.26. The Morgan fingerprint density at radius 3 is 1.78 bits per heavy atom. The third-order valence-electron chi connectivity index (χ3n) is 14.2. The number of para-hydroxylation sites is 3. The molecule has 0 atom stereocenters. The molecule has 0 unspecified atom stereocenters. The van der Waals surface area contributed by atoms with Gasteiger partial charge in [0, 0.05) is 49.3 Å². The van der Waals surface area contributed by atoms with Gasteiger partial charge >= 0.3 is 0 Å². The van der Waals surface area contributed by atoms with Crippen LogP contribution in [0.2, 0.25) is 0 Å². The average molecular weight is 864 g/mol. The average Bonchev–Trinajstić information content (AvgIpc) is 3.92. The Balaban J connectivity index is 1.12. The molecule has 0 aliphatic rings. The summed E-state index contributed by atoms with van der Waals surface area (Å²) in [7, 11) is 0. The molecular formula is C63H37N5. The van der Waals surface area contributed by atoms with E-state index in [0.29, 0.717) is 17.6 Å². The first-order valence-electron chi connectivity index (χ1n) is 23.2. The van der Waals surface area contributed by atoms with E-state index in [1.165, 1.54) is 64.9 Å². The van der Waals surface area contributed by atoms with Crippen LogP contribution in [0.3, 0.4) is 0 Å². The van der Waals surface area contributed by atoms with Crippen molar-refractivity contribution in [2.75, 3.05) is 0 Å². The lowest BCUT2D eigenvalue weighted by Gasteiger charge is -2.15. The zero-order chi connectivity index (χ0) is 44.5. The summed E-state index contributed by atoms with van der Waals surface area (Å²) in [4.78, 5) is 16.5. The standard InChI is InChI=1S/C63H37N5/c1-2-21-44(22-3-1)67-54-31-13-12-26-49(54)51-29-15-28-47(60(51)67)43-35-53-48-25-10-11-27-50(48)57-46-24-9-7-19-41(46)36-56-59(57)58(53)55(37-43)68(56)63-65-61(42-33-32-38-16-4-5-18-40(38)34-42)64-62(66-63)52-30-14-20-39-17-6-8-23-45(39)52/h1-37H. The maximum absolute atomic E-state index is 5.56. The van der Waals surface area contributed by atoms with E-state index in [1.807, 2.05) is 0 Å². The van der Waals surface area contributed by atoms with Crippen molar-refractivity contribution in [2.24, 2.45) is 0 Å². The van der Waals surface area contributed by atoms with Crippen molar-refractivity contribution in [1.82, 2.24) is 24.1 Å². The van der Waals surface area contributed by atoms with Crippen LogP contribution in [-0.4, -0.2) is 24.1 Å². The summed E-state index contributed by atoms with van der Waals surface area (Å²) >= 11 is 0. The van der Waals surface area contributed by atoms with Crippen molar-refractivity contribution in [3.05, 3.63) is 224 Å². The molecule has 0 radical (unpaired) electrons. The first-order chi connectivity index (χ1) is 33.7. The smallest absolute Gasteiger partial charge is 0.238 e. The van der Waals surface area contributed by atoms with E-state index in [2.05, 4.69) is 234 Å². The fraction of sp³-hybridized carbons (Fsp3) is 0. The number of rotatable bonds is 5. The van der Waals surface area contributed by atoms with Gasteiger partial charge in [0.05, 0.1) is 22.1 Å². The van der Waals surface area contributed by atoms with Crippen LogP contribution in [0.5, 0.6) is 0 Å². The van der Waals surface area contributed by atoms with E-state index in [4.69, 9.17) is 15.0 Å². The van der Waals surface area contributed by atoms with Gasteiger partial charge in [-0.3, -0.25) is 4.57 Å². The summed E-state index contributed by atoms with van der Waals surface area (Å²) in [5.41, 5.74) is 9.71. The van der Waals surface area contributed by atoms with E-state index in [9.17, 15) is 0 Å². The summed E-state index contributed by atoms with van der Waals surface area (Å²) in [5.74, 6) is 1.81. The molecular weight excluding hydrogens is 827 g/mol. The van der Waals surface area contributed by atoms with Gasteiger partial charge in [-0.05, 0) is 96.5 Å². The highest BCUT2D eigenvalue weighted by molar-refractivity contribution is 6.39. The number of fused-ring (bicyclic) bond motifs is 10. The molecule has 12 aromatic carbocycles. The summed E-state index contributed by atoms with van der Waals surface area (Å²) in [6, 6.07) is 81.0. The Hall–Kier alpha value is -9.19. The predicted molar refractivity (Wildman–Crippen MR) is 284 cm³/mol. The first kappa shape index (κ1) is 37.1. The highest BCUT2D eigenvalue weighted by Crippen LogP contribution is 2.49. The normalized spacial score (nSPS) is 12.1. The number of nitrogens with zero attached hydrogens (tertiary/aromatic N) is 5. The van der Waals surface area contributed by atoms with Crippen molar-refractivity contribution < 1.29 is 0 Å². The summed E-state index contributed by atoms with van der Waals surface area (Å²) in [5, 5.41) is 16.6. The van der Waals surface area contributed by atoms with E-state index in [0.717, 1.165) is 60.5 Å². The molecule has 0 bridgehead atoms. The van der Waals surface area contributed by atoms with E-state index in [1.54, 1.807) is 0 Å². The van der Waals surface area contributed by atoms with Gasteiger partial charge in [-0.2, -0.15) is 9.97 Å². The topological polar surface area (TPSA) is 48.5 Å². The molecule has 68 heavy (non-hydrogen) atoms. The van der Waals surface area contributed by atoms with E-state index in [-0.39, 0.29) is 0 Å². The molecule has 0 saturated heterocycles. The molecule has 15 aromatic rings. The second-order valence-corrected chi connectivity index (χ2v) is 17.9. The van der Waals surface area contributed by atoms with Gasteiger partial charge in [0.1, 0.15) is 0 Å². The van der Waals surface area contributed by atoms with Crippen LogP contribution in [0.15, 0.2) is 224 Å². The molecule has 5 nitrogen and oxygen atoms in total. The lowest BCUT2D eigenvalue weighted by atomic mass is 9.89. The number of benzene rings is 12. The van der Waals surface area contributed by atoms with Crippen LogP contribution in [-0.2, 0) is 0 Å². The van der Waals surface area contributed by atoms with Crippen molar-refractivity contribution in [2.45, 2.75) is 0 Å². The number of hydrogen-bond acceptors (Lipinski definition) is 3. The van der Waals surface area contributed by atoms with Crippen molar-refractivity contribution in [3.63, 3.8) is 0 Å². The van der Waals surface area contributed by atoms with Gasteiger partial charge in [0.25, 0.3) is 0 Å². The van der Waals surface area contributed by atoms with Crippen LogP contribution >= 0.6 is 0 Å². The summed E-state index contributed by atoms with van der Waals surface area (Å²) < 4.78 is 4.76. The highest BCUT2D eigenvalue weighted by atomic mass is 15.2. The number of aromatic nitrogens is 5. The molecule has 314 valence electrons. The first-order valence-corrected chi connectivity index (χ1v) is 23.2. The van der Waals surface area contributed by atoms with Gasteiger partial charge in [-0.1, -0.05) is 182 Å². The van der Waals surface area contributed by atoms with E-state index >= 15 is 0 Å². The second-order valence-electron chi connectivity index (χ2n) is 17.9. The largest absolute Gasteiger partial charge is 0.309 e. The Labute approximate surface area is 389 Å². The van der Waals surface area contributed by atoms with Crippen LogP contribution in [0.4, 0.5) is 0 Å². The van der Waals surface area contributed by atoms with Gasteiger partial charge in [0.2, 0.25) is 5.95 Å². The minimum atomic E-state index is 0.568. The molecule has 0 spiro atoms. The fourth-order valence-electron chi connectivity index (χ4n) is 11.3. The predicted octanol–water partition coefficient (Wildman–Crippen LogP) is 16.3. The third kappa shape index (κ3) is 5.29. The molecule has 0 aliphatic heterocycles. The molecule has 15 rings (SSSR count). The van der Waals surface area contributed by atoms with Crippen LogP contribution in [0.1, 0.15) is 0 Å². The van der Waals surface area contributed by atoms with Crippen molar-refractivity contribution in [1.29, 1.82) is 0 Å². The third-order valence-corrected chi connectivity index (χ3v) is 14.2. The molecule has 0 saturated carbocycles. The fourth-order valence-corrected chi connectivity index (χ4v) is 11.3. The zero-order valence-corrected chi connectivity index (χ0v) is 36.6. The molecule has 0 aliphatic carbocycles. The Morgan fingerprint density at radius 1 is 0.279 bits per heavy atom. The van der Waals surface area contributed by atoms with Gasteiger partial charge < -0.3 is 4.57 Å². The molecule has 3 heterocycles. The second kappa shape index (κ2) is 14.2. The maximum atomic E-state index is 5.56. The van der Waals surface area contributed by atoms with Crippen LogP contribution in [0.25, 0.3) is 143 Å². The minimum absolute atomic E-state index is 0.568. The molecule has 5 heteroatoms. The SMILES string of the molecule is c1ccc(-n2c3ccccc3c3cccc(-c4cc5c6ccccc6c6c7ccccc7cc7c6c5c(c4)n7-c4nc(-c5ccc6ccccc6c5)nc(-c5cccc6ccccc56)n4)c32)cc1. The van der Waals surface area contributed by atoms with Crippen molar-refractivity contribution >= 4 is 97.5 Å². The van der Waals surface area contributed by atoms with Gasteiger partial charge in [-0.15, -0.1) is 0 Å². The molecule has 0 N–H and O–H groups in total. The summed E-state index contributed by atoms with van der Waals surface area (Å²) in [6.07, 6.45) is 0. The maximum Gasteiger partial charge on any atom is 0.238 e. The Morgan fingerprint density at radius 2 is 0.912 bits per heavy atom. The monoisotopic (exact) mass is 863 g/mol. The minimum Gasteiger partial charge on any atom is -0.309 e. The quantitative estimate of drug-likeness (QED) is 0.162. The molecule has 0 amide bonds. The Bertz CT molecular complexity index is 4560. The van der Waals surface area contributed by atoms with E-state index < -0.39 is 0 Å². The molecule has 0 fully saturated rings. The number of hydrogen-bond donors (Lipinski definition) is 0. The van der Waals surface area contributed by atoms with Gasteiger partial charge in [-0.25, -0.2) is 4.98 Å². The van der Waals surface area contributed by atoms with Crippen LogP contribution in [0, 0.1) is 0 Å². The van der Waals surface area contributed by atoms with Gasteiger partial charge in [0.15, 0.2) is 11.6 Å². The summed E-state index contributed by atoms with van der Waals surface area (Å²) in [6.45, 7) is 0. The lowest BCUT2D eigenvalue weighted by Crippen LogP contribution is -2.06. The molecule has 3 aromatic heterocycles. The zero-order valence-electron chi connectivity index (χ0n) is 36.6. The lowest BCUT2D eigenvalue weighted by molar-refractivity contribution is 0.955. The Kier molecular flexibility index (Phi) is 7.72.